The molecule has 0 unspecified atom stereocenters. The van der Waals surface area contributed by atoms with Crippen molar-refractivity contribution in [2.45, 2.75) is 25.5 Å². The van der Waals surface area contributed by atoms with E-state index >= 15 is 0 Å². The standard InChI is InChI=1S/C9H14N2O2S/c1-4-7(14-3)9(12)10-8-5-6(2)13-11-8/h5,7H,4H2,1-3H3,(H,10,11,12)/t7-/m1/s1. The van der Waals surface area contributed by atoms with Crippen LogP contribution in [0.3, 0.4) is 0 Å². The molecule has 0 saturated carbocycles. The van der Waals surface area contributed by atoms with Crippen LogP contribution in [0.5, 0.6) is 0 Å². The summed E-state index contributed by atoms with van der Waals surface area (Å²) >= 11 is 1.53. The predicted molar refractivity (Wildman–Crippen MR) is 57.5 cm³/mol. The van der Waals surface area contributed by atoms with Gasteiger partial charge in [0.25, 0.3) is 0 Å². The smallest absolute Gasteiger partial charge is 0.238 e. The number of hydrogen-bond donors (Lipinski definition) is 1. The molecular weight excluding hydrogens is 200 g/mol. The summed E-state index contributed by atoms with van der Waals surface area (Å²) in [4.78, 5) is 11.6. The van der Waals surface area contributed by atoms with E-state index in [1.807, 2.05) is 13.2 Å². The molecule has 1 N–H and O–H groups in total. The van der Waals surface area contributed by atoms with E-state index in [4.69, 9.17) is 4.52 Å². The maximum Gasteiger partial charge on any atom is 0.238 e. The molecule has 4 nitrogen and oxygen atoms in total. The van der Waals surface area contributed by atoms with Crippen molar-refractivity contribution in [1.82, 2.24) is 5.16 Å². The molecule has 14 heavy (non-hydrogen) atoms. The van der Waals surface area contributed by atoms with E-state index in [0.717, 1.165) is 6.42 Å². The van der Waals surface area contributed by atoms with Crippen molar-refractivity contribution >= 4 is 23.5 Å². The minimum Gasteiger partial charge on any atom is -0.360 e. The largest absolute Gasteiger partial charge is 0.360 e. The summed E-state index contributed by atoms with van der Waals surface area (Å²) in [7, 11) is 0. The fourth-order valence-electron chi connectivity index (χ4n) is 1.09. The Morgan fingerprint density at radius 1 is 1.79 bits per heavy atom. The zero-order chi connectivity index (χ0) is 10.6. The van der Waals surface area contributed by atoms with Gasteiger partial charge in [-0.2, -0.15) is 11.8 Å². The summed E-state index contributed by atoms with van der Waals surface area (Å²) in [6, 6.07) is 1.70. The van der Waals surface area contributed by atoms with E-state index in [0.29, 0.717) is 11.6 Å². The Labute approximate surface area is 87.4 Å². The molecule has 1 aromatic heterocycles. The number of aromatic nitrogens is 1. The van der Waals surface area contributed by atoms with Crippen molar-refractivity contribution in [3.8, 4) is 0 Å². The van der Waals surface area contributed by atoms with Crippen molar-refractivity contribution in [1.29, 1.82) is 0 Å². The van der Waals surface area contributed by atoms with Gasteiger partial charge < -0.3 is 9.84 Å². The zero-order valence-corrected chi connectivity index (χ0v) is 9.35. The van der Waals surface area contributed by atoms with Crippen molar-refractivity contribution in [2.24, 2.45) is 0 Å². The number of rotatable bonds is 4. The maximum atomic E-state index is 11.6. The molecule has 0 spiro atoms. The molecule has 1 aromatic rings. The summed E-state index contributed by atoms with van der Waals surface area (Å²) in [5.74, 6) is 1.16. The lowest BCUT2D eigenvalue weighted by molar-refractivity contribution is -0.115. The molecule has 0 aliphatic heterocycles. The summed E-state index contributed by atoms with van der Waals surface area (Å²) in [5, 5.41) is 6.37. The van der Waals surface area contributed by atoms with Gasteiger partial charge in [-0.3, -0.25) is 4.79 Å². The molecular formula is C9H14N2O2S. The van der Waals surface area contributed by atoms with Crippen LogP contribution in [0.4, 0.5) is 5.82 Å². The number of nitrogens with zero attached hydrogens (tertiary/aromatic N) is 1. The summed E-state index contributed by atoms with van der Waals surface area (Å²) in [6.07, 6.45) is 2.73. The van der Waals surface area contributed by atoms with Crippen molar-refractivity contribution in [2.75, 3.05) is 11.6 Å². The maximum absolute atomic E-state index is 11.6. The number of anilines is 1. The van der Waals surface area contributed by atoms with Gasteiger partial charge in [0.05, 0.1) is 5.25 Å². The second-order valence-electron chi connectivity index (χ2n) is 2.94. The number of carbonyl (C=O) groups is 1. The molecule has 1 heterocycles. The topological polar surface area (TPSA) is 55.1 Å². The second kappa shape index (κ2) is 5.05. The van der Waals surface area contributed by atoms with E-state index < -0.39 is 0 Å². The summed E-state index contributed by atoms with van der Waals surface area (Å²) < 4.78 is 4.84. The average molecular weight is 214 g/mol. The molecule has 0 radical (unpaired) electrons. The highest BCUT2D eigenvalue weighted by molar-refractivity contribution is 7.99. The van der Waals surface area contributed by atoms with Crippen LogP contribution in [-0.2, 0) is 4.79 Å². The van der Waals surface area contributed by atoms with Crippen LogP contribution in [0.25, 0.3) is 0 Å². The van der Waals surface area contributed by atoms with Gasteiger partial charge in [-0.1, -0.05) is 12.1 Å². The van der Waals surface area contributed by atoms with Gasteiger partial charge >= 0.3 is 0 Å². The lowest BCUT2D eigenvalue weighted by Crippen LogP contribution is -2.24. The van der Waals surface area contributed by atoms with Crippen LogP contribution < -0.4 is 5.32 Å². The number of nitrogens with one attached hydrogen (secondary N) is 1. The molecule has 0 aliphatic rings. The SMILES string of the molecule is CC[C@@H](SC)C(=O)Nc1cc(C)on1. The number of amides is 1. The summed E-state index contributed by atoms with van der Waals surface area (Å²) in [5.41, 5.74) is 0. The van der Waals surface area contributed by atoms with Crippen LogP contribution in [0.2, 0.25) is 0 Å². The molecule has 0 fully saturated rings. The first-order valence-electron chi connectivity index (χ1n) is 4.44. The van der Waals surface area contributed by atoms with Crippen LogP contribution in [0, 0.1) is 6.92 Å². The molecule has 78 valence electrons. The first kappa shape index (κ1) is 11.1. The molecule has 5 heteroatoms. The van der Waals surface area contributed by atoms with Crippen LogP contribution in [0.1, 0.15) is 19.1 Å². The Kier molecular flexibility index (Phi) is 4.00. The van der Waals surface area contributed by atoms with E-state index in [2.05, 4.69) is 10.5 Å². The van der Waals surface area contributed by atoms with Crippen molar-refractivity contribution in [3.05, 3.63) is 11.8 Å². The third kappa shape index (κ3) is 2.77. The molecule has 1 amide bonds. The molecule has 0 aliphatic carbocycles. The number of hydrogen-bond acceptors (Lipinski definition) is 4. The number of carbonyl (C=O) groups excluding carboxylic acids is 1. The molecule has 1 atom stereocenters. The minimum atomic E-state index is -0.0213. The van der Waals surface area contributed by atoms with Gasteiger partial charge in [-0.25, -0.2) is 0 Å². The van der Waals surface area contributed by atoms with Gasteiger partial charge in [0, 0.05) is 6.07 Å². The molecule has 0 saturated heterocycles. The Hall–Kier alpha value is -0.970. The Balaban J connectivity index is 2.56. The lowest BCUT2D eigenvalue weighted by atomic mass is 10.3. The third-order valence-corrected chi connectivity index (χ3v) is 2.94. The third-order valence-electron chi connectivity index (χ3n) is 1.83. The van der Waals surface area contributed by atoms with Gasteiger partial charge in [0.1, 0.15) is 5.76 Å². The highest BCUT2D eigenvalue weighted by Crippen LogP contribution is 2.14. The van der Waals surface area contributed by atoms with Gasteiger partial charge in [0.15, 0.2) is 5.82 Å². The average Bonchev–Trinajstić information content (AvgIpc) is 2.53. The fourth-order valence-corrected chi connectivity index (χ4v) is 1.70. The van der Waals surface area contributed by atoms with E-state index in [1.165, 1.54) is 11.8 Å². The normalized spacial score (nSPS) is 12.5. The van der Waals surface area contributed by atoms with Crippen molar-refractivity contribution in [3.63, 3.8) is 0 Å². The molecule has 0 aromatic carbocycles. The Bertz CT molecular complexity index is 308. The quantitative estimate of drug-likeness (QED) is 0.833. The van der Waals surface area contributed by atoms with Crippen LogP contribution in [-0.4, -0.2) is 22.6 Å². The van der Waals surface area contributed by atoms with Gasteiger partial charge in [0.2, 0.25) is 5.91 Å². The molecule has 0 bridgehead atoms. The summed E-state index contributed by atoms with van der Waals surface area (Å²) in [6.45, 7) is 3.77. The van der Waals surface area contributed by atoms with E-state index in [-0.39, 0.29) is 11.2 Å². The number of thioether (sulfide) groups is 1. The minimum absolute atomic E-state index is 0.0201. The number of aryl methyl sites for hydroxylation is 1. The Morgan fingerprint density at radius 2 is 2.50 bits per heavy atom. The second-order valence-corrected chi connectivity index (χ2v) is 3.99. The highest BCUT2D eigenvalue weighted by Gasteiger charge is 2.15. The first-order valence-corrected chi connectivity index (χ1v) is 5.73. The lowest BCUT2D eigenvalue weighted by Gasteiger charge is -2.09. The molecule has 1 rings (SSSR count). The van der Waals surface area contributed by atoms with Crippen molar-refractivity contribution < 1.29 is 9.32 Å². The van der Waals surface area contributed by atoms with Crippen LogP contribution in [0.15, 0.2) is 10.6 Å². The predicted octanol–water partition coefficient (Wildman–Crippen LogP) is 2.06. The van der Waals surface area contributed by atoms with Gasteiger partial charge in [-0.15, -0.1) is 0 Å². The Morgan fingerprint density at radius 3 is 2.93 bits per heavy atom. The highest BCUT2D eigenvalue weighted by atomic mass is 32.2. The van der Waals surface area contributed by atoms with Gasteiger partial charge in [-0.05, 0) is 19.6 Å². The zero-order valence-electron chi connectivity index (χ0n) is 8.53. The fraction of sp³-hybridized carbons (Fsp3) is 0.556. The van der Waals surface area contributed by atoms with E-state index in [1.54, 1.807) is 13.0 Å². The van der Waals surface area contributed by atoms with Crippen LogP contribution >= 0.6 is 11.8 Å². The first-order chi connectivity index (χ1) is 6.67. The van der Waals surface area contributed by atoms with E-state index in [9.17, 15) is 4.79 Å². The monoisotopic (exact) mass is 214 g/mol.